The molecule has 0 atom stereocenters. The lowest BCUT2D eigenvalue weighted by atomic mass is 9.64. The molecule has 4 nitrogen and oxygen atoms in total. The Hall–Kier alpha value is -17.2. The van der Waals surface area contributed by atoms with Crippen molar-refractivity contribution < 1.29 is 0 Å². The van der Waals surface area contributed by atoms with E-state index in [1.54, 1.807) is 0 Å². The van der Waals surface area contributed by atoms with Crippen molar-refractivity contribution in [1.82, 2.24) is 0 Å². The first kappa shape index (κ1) is 81.6. The number of rotatable bonds is 13. The van der Waals surface area contributed by atoms with Gasteiger partial charge < -0.3 is 19.6 Å². The third kappa shape index (κ3) is 12.7. The van der Waals surface area contributed by atoms with E-state index < -0.39 is 10.8 Å². The molecule has 0 aromatic heterocycles. The Kier molecular flexibility index (Phi) is 19.1. The van der Waals surface area contributed by atoms with Crippen LogP contribution in [0.5, 0.6) is 0 Å². The number of hydrogen-bond donors (Lipinski definition) is 0. The van der Waals surface area contributed by atoms with Crippen LogP contribution >= 0.6 is 0 Å². The molecule has 138 heavy (non-hydrogen) atoms. The quantitative estimate of drug-likeness (QED) is 0.114. The molecular weight excluding hydrogens is 1670 g/mol. The van der Waals surface area contributed by atoms with Crippen LogP contribution in [0.4, 0.5) is 68.2 Å². The topological polar surface area (TPSA) is 13.0 Å². The van der Waals surface area contributed by atoms with Crippen LogP contribution in [0.2, 0.25) is 0 Å². The zero-order chi connectivity index (χ0) is 92.0. The van der Waals surface area contributed by atoms with Crippen LogP contribution in [0.15, 0.2) is 510 Å². The van der Waals surface area contributed by atoms with Gasteiger partial charge in [0, 0.05) is 56.3 Å². The minimum Gasteiger partial charge on any atom is -0.310 e. The summed E-state index contributed by atoms with van der Waals surface area (Å²) < 4.78 is 0. The molecule has 2 spiro atoms. The fraction of sp³-hybridized carbons (Fsp3) is 0.0597. The molecule has 21 aromatic carbocycles. The summed E-state index contributed by atoms with van der Waals surface area (Å²) >= 11 is 0. The Morgan fingerprint density at radius 3 is 0.696 bits per heavy atom. The minimum absolute atomic E-state index is 0.219. The highest BCUT2D eigenvalue weighted by Gasteiger charge is 2.54. The molecule has 2 heterocycles. The van der Waals surface area contributed by atoms with Crippen molar-refractivity contribution in [3.63, 3.8) is 0 Å². The molecule has 0 radical (unpaired) electrons. The Balaban J connectivity index is 0.000000143. The van der Waals surface area contributed by atoms with E-state index in [0.29, 0.717) is 0 Å². The first-order valence-corrected chi connectivity index (χ1v) is 48.3. The fourth-order valence-electron chi connectivity index (χ4n) is 24.2. The van der Waals surface area contributed by atoms with Crippen molar-refractivity contribution in [3.05, 3.63) is 576 Å². The minimum atomic E-state index is -0.482. The lowest BCUT2D eigenvalue weighted by Crippen LogP contribution is -2.36. The fourth-order valence-corrected chi connectivity index (χ4v) is 24.2. The standard InChI is InChI=1S/C70H50N2.C64H46N2/c1-69(2)65-45-52(51-35-43-62-60(44-51)57-24-12-13-25-61(57)70(62)63-26-14-16-28-67(63)72(53-22-10-5-11-23-53)68-29-17-15-27-64(68)70)34-41-58(65)59-42-40-56(46-66(59)69)71(54-36-30-49(31-37-54)47-18-6-3-7-19-47)55-38-32-50(33-39-55)48-20-8-4-9-21-48;1-63(2)59-41-46(32-37-52(59)53-38-36-50(42-60(53)63)65(47-20-8-4-9-21-47)49-34-30-44(31-35-49)43-18-6-3-7-19-43)45-33-39-56-54(40-45)51-24-12-13-25-55(51)64(56)57-26-14-16-28-61(57)66(48-22-10-5-11-23-48)62-29-17-15-27-58(62)64/h3-46H,1-2H3;3-42H,1-2H3. The lowest BCUT2D eigenvalue weighted by Gasteiger charge is -2.45. The Labute approximate surface area is 808 Å². The van der Waals surface area contributed by atoms with Gasteiger partial charge in [-0.2, -0.15) is 0 Å². The summed E-state index contributed by atoms with van der Waals surface area (Å²) in [5.74, 6) is 0. The number of hydrogen-bond acceptors (Lipinski definition) is 4. The smallest absolute Gasteiger partial charge is 0.0754 e. The molecule has 0 unspecified atom stereocenters. The first-order valence-electron chi connectivity index (χ1n) is 48.3. The molecule has 6 aliphatic rings. The van der Waals surface area contributed by atoms with Crippen LogP contribution in [0.1, 0.15) is 94.5 Å². The second-order valence-electron chi connectivity index (χ2n) is 38.5. The van der Waals surface area contributed by atoms with E-state index in [-0.39, 0.29) is 10.8 Å². The molecule has 4 aliphatic carbocycles. The van der Waals surface area contributed by atoms with Gasteiger partial charge >= 0.3 is 0 Å². The van der Waals surface area contributed by atoms with Crippen molar-refractivity contribution >= 4 is 68.2 Å². The third-order valence-electron chi connectivity index (χ3n) is 30.5. The highest BCUT2D eigenvalue weighted by molar-refractivity contribution is 6.01. The SMILES string of the molecule is CC1(C)c2cc(-c3ccc4c(c3)-c3ccccc3C43c4ccccc4N(c4ccccc4)c4ccccc43)ccc2-c2ccc(N(c3ccc(-c4ccccc4)cc3)c3ccc(-c4ccccc4)cc3)cc21.CC1(C)c2cc(-c3ccc4c(c3)-c3ccccc3C43c4ccccc4N(c4ccccc4)c4ccccc43)ccc2-c2ccc(N(c3ccccc3)c3ccc(-c4ccccc4)cc3)cc21. The second-order valence-corrected chi connectivity index (χ2v) is 38.5. The zero-order valence-corrected chi connectivity index (χ0v) is 77.3. The van der Waals surface area contributed by atoms with Gasteiger partial charge in [-0.05, 0) is 312 Å². The summed E-state index contributed by atoms with van der Waals surface area (Å²) in [4.78, 5) is 9.69. The average Bonchev–Trinajstić information content (AvgIpc) is 1.47. The number of benzene rings is 21. The van der Waals surface area contributed by atoms with Gasteiger partial charge in [0.15, 0.2) is 0 Å². The van der Waals surface area contributed by atoms with Crippen LogP contribution < -0.4 is 19.6 Å². The van der Waals surface area contributed by atoms with Crippen molar-refractivity contribution in [1.29, 1.82) is 0 Å². The Morgan fingerprint density at radius 2 is 0.362 bits per heavy atom. The van der Waals surface area contributed by atoms with E-state index in [2.05, 4.69) is 557 Å². The first-order chi connectivity index (χ1) is 68.0. The maximum Gasteiger partial charge on any atom is 0.0754 e. The lowest BCUT2D eigenvalue weighted by molar-refractivity contribution is 0.660. The highest BCUT2D eigenvalue weighted by Crippen LogP contribution is 2.67. The van der Waals surface area contributed by atoms with Crippen LogP contribution in [0, 0.1) is 0 Å². The summed E-state index contributed by atoms with van der Waals surface area (Å²) in [5, 5.41) is 0. The highest BCUT2D eigenvalue weighted by atomic mass is 15.2. The van der Waals surface area contributed by atoms with Crippen molar-refractivity contribution in [2.45, 2.75) is 49.4 Å². The maximum absolute atomic E-state index is 2.47. The number of fused-ring (bicyclic) bond motifs is 24. The third-order valence-corrected chi connectivity index (χ3v) is 30.5. The predicted molar refractivity (Wildman–Crippen MR) is 576 cm³/mol. The zero-order valence-electron chi connectivity index (χ0n) is 77.3. The predicted octanol–water partition coefficient (Wildman–Crippen LogP) is 35.6. The molecule has 2 aliphatic heterocycles. The van der Waals surface area contributed by atoms with Gasteiger partial charge in [0.1, 0.15) is 0 Å². The molecule has 27 rings (SSSR count). The Bertz CT molecular complexity index is 8180. The number of nitrogens with zero attached hydrogens (tertiary/aromatic N) is 4. The number of para-hydroxylation sites is 7. The Morgan fingerprint density at radius 1 is 0.145 bits per heavy atom. The average molecular weight is 1760 g/mol. The van der Waals surface area contributed by atoms with E-state index in [1.165, 1.54) is 190 Å². The summed E-state index contributed by atoms with van der Waals surface area (Å²) in [6.07, 6.45) is 0. The monoisotopic (exact) mass is 1760 g/mol. The molecule has 0 bridgehead atoms. The molecule has 4 heteroatoms. The van der Waals surface area contributed by atoms with Crippen molar-refractivity contribution in [2.75, 3.05) is 19.6 Å². The molecule has 0 fully saturated rings. The summed E-state index contributed by atoms with van der Waals surface area (Å²) in [6, 6.07) is 189. The van der Waals surface area contributed by atoms with Crippen LogP contribution in [-0.4, -0.2) is 0 Å². The van der Waals surface area contributed by atoms with Crippen LogP contribution in [0.3, 0.4) is 0 Å². The van der Waals surface area contributed by atoms with E-state index in [1.807, 2.05) is 0 Å². The molecule has 652 valence electrons. The van der Waals surface area contributed by atoms with Gasteiger partial charge in [-0.25, -0.2) is 0 Å². The van der Waals surface area contributed by atoms with Gasteiger partial charge in [0.2, 0.25) is 0 Å². The van der Waals surface area contributed by atoms with E-state index in [9.17, 15) is 0 Å². The van der Waals surface area contributed by atoms with Gasteiger partial charge in [-0.1, -0.05) is 392 Å². The second kappa shape index (κ2) is 32.3. The van der Waals surface area contributed by atoms with Crippen molar-refractivity contribution in [3.8, 4) is 100 Å². The summed E-state index contributed by atoms with van der Waals surface area (Å²) in [7, 11) is 0. The molecule has 0 amide bonds. The van der Waals surface area contributed by atoms with E-state index in [0.717, 1.165) is 45.5 Å². The van der Waals surface area contributed by atoms with Gasteiger partial charge in [0.05, 0.1) is 33.6 Å². The van der Waals surface area contributed by atoms with Crippen LogP contribution in [-0.2, 0) is 21.7 Å². The summed E-state index contributed by atoms with van der Waals surface area (Å²) in [6.45, 7) is 9.59. The van der Waals surface area contributed by atoms with E-state index >= 15 is 0 Å². The van der Waals surface area contributed by atoms with Crippen molar-refractivity contribution in [2.24, 2.45) is 0 Å². The number of anilines is 12. The van der Waals surface area contributed by atoms with Gasteiger partial charge in [-0.15, -0.1) is 0 Å². The molecular formula is C134H96N4. The molecule has 0 N–H and O–H groups in total. The molecule has 0 saturated carbocycles. The maximum atomic E-state index is 2.47. The van der Waals surface area contributed by atoms with Gasteiger partial charge in [0.25, 0.3) is 0 Å². The molecule has 21 aromatic rings. The van der Waals surface area contributed by atoms with Gasteiger partial charge in [-0.3, -0.25) is 0 Å². The molecule has 0 saturated heterocycles. The van der Waals surface area contributed by atoms with Crippen LogP contribution in [0.25, 0.3) is 100 Å². The normalized spacial score (nSPS) is 14.0. The largest absolute Gasteiger partial charge is 0.310 e. The van der Waals surface area contributed by atoms with E-state index in [4.69, 9.17) is 0 Å². The summed E-state index contributed by atoms with van der Waals surface area (Å²) in [5.41, 5.74) is 51.1.